The summed E-state index contributed by atoms with van der Waals surface area (Å²) in [5, 5.41) is 2.83. The van der Waals surface area contributed by atoms with Gasteiger partial charge in [0.2, 0.25) is 5.91 Å². The highest BCUT2D eigenvalue weighted by molar-refractivity contribution is 7.91. The van der Waals surface area contributed by atoms with E-state index in [9.17, 15) is 13.2 Å². The van der Waals surface area contributed by atoms with Crippen molar-refractivity contribution < 1.29 is 13.2 Å². The number of nitrogens with zero attached hydrogens (tertiary/aromatic N) is 1. The Morgan fingerprint density at radius 2 is 2.09 bits per heavy atom. The smallest absolute Gasteiger partial charge is 0.252 e. The Hall–Kier alpha value is -0.630. The molecule has 0 spiro atoms. The molecule has 132 valence electrons. The van der Waals surface area contributed by atoms with Gasteiger partial charge in [-0.25, -0.2) is 8.42 Å². The van der Waals surface area contributed by atoms with E-state index in [4.69, 9.17) is 11.6 Å². The van der Waals surface area contributed by atoms with Crippen molar-refractivity contribution in [3.63, 3.8) is 0 Å². The zero-order valence-corrected chi connectivity index (χ0v) is 16.2. The van der Waals surface area contributed by atoms with Gasteiger partial charge >= 0.3 is 0 Å². The molecule has 5 nitrogen and oxygen atoms in total. The van der Waals surface area contributed by atoms with Crippen LogP contribution in [0.15, 0.2) is 16.3 Å². The number of likely N-dealkylation sites (N-methyl/N-ethyl adjacent to an activating group) is 1. The van der Waals surface area contributed by atoms with E-state index in [1.54, 1.807) is 0 Å². The summed E-state index contributed by atoms with van der Waals surface area (Å²) in [7, 11) is -2.27. The third-order valence-corrected chi connectivity index (χ3v) is 7.21. The lowest BCUT2D eigenvalue weighted by Gasteiger charge is -2.18. The fraction of sp³-hybridized carbons (Fsp3) is 0.667. The number of thiophene rings is 1. The number of rotatable bonds is 10. The van der Waals surface area contributed by atoms with Gasteiger partial charge in [0, 0.05) is 13.6 Å². The van der Waals surface area contributed by atoms with Crippen molar-refractivity contribution in [3.8, 4) is 0 Å². The van der Waals surface area contributed by atoms with E-state index >= 15 is 0 Å². The Balaban J connectivity index is 2.53. The number of hydrogen-bond acceptors (Lipinski definition) is 4. The first-order valence-electron chi connectivity index (χ1n) is 7.79. The summed E-state index contributed by atoms with van der Waals surface area (Å²) in [6, 6.07) is 2.99. The van der Waals surface area contributed by atoms with Gasteiger partial charge in [0.05, 0.1) is 10.9 Å². The third kappa shape index (κ3) is 6.41. The highest BCUT2D eigenvalue weighted by Gasteiger charge is 2.24. The van der Waals surface area contributed by atoms with E-state index in [1.807, 2.05) is 0 Å². The average Bonchev–Trinajstić information content (AvgIpc) is 2.94. The van der Waals surface area contributed by atoms with Gasteiger partial charge in [-0.15, -0.1) is 11.3 Å². The molecule has 1 rings (SSSR count). The maximum absolute atomic E-state index is 12.3. The standard InChI is InChI=1S/C15H25ClN2O3S2/c1-4-6-7-12(5-2)10-17-14(19)11-18(3)23(20,21)15-9-8-13(16)22-15/h8-9,12H,4-7,10-11H2,1-3H3,(H,17,19). The molecule has 0 saturated heterocycles. The van der Waals surface area contributed by atoms with Gasteiger partial charge in [-0.1, -0.05) is 44.7 Å². The highest BCUT2D eigenvalue weighted by Crippen LogP contribution is 2.27. The molecule has 1 aromatic heterocycles. The number of carbonyl (C=O) groups excluding carboxylic acids is 1. The van der Waals surface area contributed by atoms with Crippen LogP contribution in [0.25, 0.3) is 0 Å². The SMILES string of the molecule is CCCCC(CC)CNC(=O)CN(C)S(=O)(=O)c1ccc(Cl)s1. The van der Waals surface area contributed by atoms with Gasteiger partial charge in [0.25, 0.3) is 10.0 Å². The van der Waals surface area contributed by atoms with Crippen molar-refractivity contribution in [2.75, 3.05) is 20.1 Å². The highest BCUT2D eigenvalue weighted by atomic mass is 35.5. The lowest BCUT2D eigenvalue weighted by Crippen LogP contribution is -2.39. The predicted molar refractivity (Wildman–Crippen MR) is 95.5 cm³/mol. The summed E-state index contributed by atoms with van der Waals surface area (Å²) in [5.74, 6) is 0.158. The topological polar surface area (TPSA) is 66.5 Å². The lowest BCUT2D eigenvalue weighted by atomic mass is 9.99. The van der Waals surface area contributed by atoms with Gasteiger partial charge < -0.3 is 5.32 Å². The van der Waals surface area contributed by atoms with Crippen LogP contribution in [0.2, 0.25) is 4.34 Å². The molecule has 1 heterocycles. The van der Waals surface area contributed by atoms with Crippen LogP contribution in [0.4, 0.5) is 0 Å². The van der Waals surface area contributed by atoms with Gasteiger partial charge in [-0.2, -0.15) is 4.31 Å². The van der Waals surface area contributed by atoms with Gasteiger partial charge in [0.1, 0.15) is 4.21 Å². The largest absolute Gasteiger partial charge is 0.355 e. The molecule has 0 radical (unpaired) electrons. The van der Waals surface area contributed by atoms with Crippen molar-refractivity contribution in [1.82, 2.24) is 9.62 Å². The second kappa shape index (κ2) is 9.61. The van der Waals surface area contributed by atoms with Crippen LogP contribution in [0, 0.1) is 5.92 Å². The molecule has 1 aromatic rings. The molecule has 0 fully saturated rings. The Bertz CT molecular complexity index is 602. The minimum atomic E-state index is -3.66. The van der Waals surface area contributed by atoms with E-state index in [0.29, 0.717) is 16.8 Å². The maximum Gasteiger partial charge on any atom is 0.252 e. The van der Waals surface area contributed by atoms with Crippen molar-refractivity contribution in [3.05, 3.63) is 16.5 Å². The first-order chi connectivity index (χ1) is 10.8. The lowest BCUT2D eigenvalue weighted by molar-refractivity contribution is -0.121. The molecule has 8 heteroatoms. The number of sulfonamides is 1. The first kappa shape index (κ1) is 20.4. The molecular formula is C15H25ClN2O3S2. The molecule has 0 aliphatic carbocycles. The van der Waals surface area contributed by atoms with Gasteiger partial charge in [-0.05, 0) is 24.5 Å². The molecular weight excluding hydrogens is 356 g/mol. The van der Waals surface area contributed by atoms with E-state index in [-0.39, 0.29) is 16.7 Å². The van der Waals surface area contributed by atoms with Crippen LogP contribution in [-0.2, 0) is 14.8 Å². The summed E-state index contributed by atoms with van der Waals surface area (Å²) < 4.78 is 26.2. The van der Waals surface area contributed by atoms with Crippen LogP contribution < -0.4 is 5.32 Å². The van der Waals surface area contributed by atoms with Crippen LogP contribution >= 0.6 is 22.9 Å². The number of halogens is 1. The molecule has 0 bridgehead atoms. The quantitative estimate of drug-likeness (QED) is 0.676. The Morgan fingerprint density at radius 3 is 2.61 bits per heavy atom. The summed E-state index contributed by atoms with van der Waals surface area (Å²) in [5.41, 5.74) is 0. The zero-order chi connectivity index (χ0) is 17.5. The zero-order valence-electron chi connectivity index (χ0n) is 13.8. The Labute approximate surface area is 148 Å². The Morgan fingerprint density at radius 1 is 1.39 bits per heavy atom. The number of amides is 1. The minimum absolute atomic E-state index is 0.146. The van der Waals surface area contributed by atoms with Crippen LogP contribution in [-0.4, -0.2) is 38.8 Å². The van der Waals surface area contributed by atoms with Crippen LogP contribution in [0.5, 0.6) is 0 Å². The number of carbonyl (C=O) groups is 1. The molecule has 1 amide bonds. The second-order valence-corrected chi connectivity index (χ2v) is 9.53. The third-order valence-electron chi connectivity index (χ3n) is 3.71. The van der Waals surface area contributed by atoms with E-state index in [1.165, 1.54) is 19.2 Å². The number of unbranched alkanes of at least 4 members (excludes halogenated alkanes) is 1. The molecule has 1 N–H and O–H groups in total. The van der Waals surface area contributed by atoms with Crippen molar-refractivity contribution in [2.24, 2.45) is 5.92 Å². The predicted octanol–water partition coefficient (Wildman–Crippen LogP) is 3.35. The molecule has 0 saturated carbocycles. The molecule has 1 unspecified atom stereocenters. The van der Waals surface area contributed by atoms with Gasteiger partial charge in [-0.3, -0.25) is 4.79 Å². The average molecular weight is 381 g/mol. The van der Waals surface area contributed by atoms with E-state index < -0.39 is 10.0 Å². The summed E-state index contributed by atoms with van der Waals surface area (Å²) in [6.07, 6.45) is 4.35. The fourth-order valence-electron chi connectivity index (χ4n) is 2.13. The first-order valence-corrected chi connectivity index (χ1v) is 10.4. The van der Waals surface area contributed by atoms with E-state index in [0.717, 1.165) is 41.3 Å². The number of hydrogen-bond donors (Lipinski definition) is 1. The Kier molecular flexibility index (Phi) is 8.53. The minimum Gasteiger partial charge on any atom is -0.355 e. The van der Waals surface area contributed by atoms with Gasteiger partial charge in [0.15, 0.2) is 0 Å². The molecule has 23 heavy (non-hydrogen) atoms. The summed E-state index contributed by atoms with van der Waals surface area (Å²) in [6.45, 7) is 4.64. The maximum atomic E-state index is 12.3. The molecule has 1 atom stereocenters. The van der Waals surface area contributed by atoms with Crippen molar-refractivity contribution in [1.29, 1.82) is 0 Å². The normalized spacial score (nSPS) is 13.3. The van der Waals surface area contributed by atoms with E-state index in [2.05, 4.69) is 19.2 Å². The van der Waals surface area contributed by atoms with Crippen LogP contribution in [0.3, 0.4) is 0 Å². The summed E-state index contributed by atoms with van der Waals surface area (Å²) in [4.78, 5) is 12.0. The number of nitrogens with one attached hydrogen (secondary N) is 1. The van der Waals surface area contributed by atoms with Crippen molar-refractivity contribution in [2.45, 2.75) is 43.7 Å². The van der Waals surface area contributed by atoms with Crippen molar-refractivity contribution >= 4 is 38.9 Å². The second-order valence-electron chi connectivity index (χ2n) is 5.54. The monoisotopic (exact) mass is 380 g/mol. The molecule has 0 aromatic carbocycles. The van der Waals surface area contributed by atoms with Crippen LogP contribution in [0.1, 0.15) is 39.5 Å². The molecule has 0 aliphatic rings. The summed E-state index contributed by atoms with van der Waals surface area (Å²) >= 11 is 6.76. The fourth-order valence-corrected chi connectivity index (χ4v) is 4.96. The molecule has 0 aliphatic heterocycles.